The Bertz CT molecular complexity index is 656. The van der Waals surface area contributed by atoms with Crippen molar-refractivity contribution in [2.45, 2.75) is 13.0 Å². The van der Waals surface area contributed by atoms with Gasteiger partial charge in [-0.25, -0.2) is 0 Å². The molecule has 0 aliphatic carbocycles. The SMILES string of the molecule is COc1ccc(C(O)c2cc(Cl)ccc2C)c(OC)c1Cl. The molecule has 0 spiro atoms. The highest BCUT2D eigenvalue weighted by Crippen LogP contribution is 2.41. The third-order valence-corrected chi connectivity index (χ3v) is 3.94. The summed E-state index contributed by atoms with van der Waals surface area (Å²) >= 11 is 12.2. The number of halogens is 2. The first kappa shape index (κ1) is 16.0. The normalized spacial score (nSPS) is 12.1. The molecular formula is C16H16Cl2O3. The lowest BCUT2D eigenvalue weighted by Gasteiger charge is -2.19. The van der Waals surface area contributed by atoms with E-state index in [1.807, 2.05) is 13.0 Å². The first-order valence-corrected chi connectivity index (χ1v) is 7.09. The number of aliphatic hydroxyl groups is 1. The minimum absolute atomic E-state index is 0.330. The molecule has 0 aliphatic rings. The molecule has 1 N–H and O–H groups in total. The molecule has 5 heteroatoms. The van der Waals surface area contributed by atoms with Gasteiger partial charge in [-0.1, -0.05) is 29.3 Å². The van der Waals surface area contributed by atoms with Gasteiger partial charge in [-0.05, 0) is 42.3 Å². The van der Waals surface area contributed by atoms with E-state index in [9.17, 15) is 5.11 Å². The van der Waals surface area contributed by atoms with Crippen molar-refractivity contribution in [3.63, 3.8) is 0 Å². The molecule has 0 amide bonds. The fraction of sp³-hybridized carbons (Fsp3) is 0.250. The third-order valence-electron chi connectivity index (χ3n) is 3.35. The van der Waals surface area contributed by atoms with Gasteiger partial charge in [0.25, 0.3) is 0 Å². The number of hydrogen-bond donors (Lipinski definition) is 1. The Labute approximate surface area is 134 Å². The van der Waals surface area contributed by atoms with E-state index in [-0.39, 0.29) is 0 Å². The van der Waals surface area contributed by atoms with Crippen LogP contribution in [0.5, 0.6) is 11.5 Å². The van der Waals surface area contributed by atoms with E-state index in [1.54, 1.807) is 24.3 Å². The first-order chi connectivity index (χ1) is 9.99. The summed E-state index contributed by atoms with van der Waals surface area (Å²) in [7, 11) is 3.03. The van der Waals surface area contributed by atoms with E-state index >= 15 is 0 Å². The Balaban J connectivity index is 2.55. The molecule has 0 aromatic heterocycles. The predicted molar refractivity (Wildman–Crippen MR) is 84.8 cm³/mol. The lowest BCUT2D eigenvalue weighted by atomic mass is 9.96. The molecule has 21 heavy (non-hydrogen) atoms. The molecule has 112 valence electrons. The summed E-state index contributed by atoms with van der Waals surface area (Å²) in [5.41, 5.74) is 2.21. The Kier molecular flexibility index (Phi) is 4.99. The molecule has 0 bridgehead atoms. The van der Waals surface area contributed by atoms with Crippen LogP contribution in [-0.4, -0.2) is 19.3 Å². The number of aryl methyl sites for hydroxylation is 1. The molecule has 0 radical (unpaired) electrons. The highest BCUT2D eigenvalue weighted by molar-refractivity contribution is 6.33. The zero-order chi connectivity index (χ0) is 15.6. The van der Waals surface area contributed by atoms with E-state index in [4.69, 9.17) is 32.7 Å². The van der Waals surface area contributed by atoms with Gasteiger partial charge in [0.2, 0.25) is 0 Å². The van der Waals surface area contributed by atoms with E-state index in [0.29, 0.717) is 32.7 Å². The van der Waals surface area contributed by atoms with E-state index in [0.717, 1.165) is 5.56 Å². The van der Waals surface area contributed by atoms with Crippen molar-refractivity contribution >= 4 is 23.2 Å². The van der Waals surface area contributed by atoms with Crippen LogP contribution in [0.2, 0.25) is 10.0 Å². The van der Waals surface area contributed by atoms with Gasteiger partial charge >= 0.3 is 0 Å². The molecule has 1 atom stereocenters. The van der Waals surface area contributed by atoms with Crippen molar-refractivity contribution in [3.05, 3.63) is 57.1 Å². The maximum atomic E-state index is 10.7. The lowest BCUT2D eigenvalue weighted by Crippen LogP contribution is -2.05. The minimum atomic E-state index is -0.887. The van der Waals surface area contributed by atoms with Gasteiger partial charge in [-0.3, -0.25) is 0 Å². The zero-order valence-electron chi connectivity index (χ0n) is 12.0. The minimum Gasteiger partial charge on any atom is -0.495 e. The summed E-state index contributed by atoms with van der Waals surface area (Å²) in [4.78, 5) is 0. The van der Waals surface area contributed by atoms with Gasteiger partial charge in [-0.2, -0.15) is 0 Å². The summed E-state index contributed by atoms with van der Waals surface area (Å²) in [6.45, 7) is 1.91. The second kappa shape index (κ2) is 6.56. The average Bonchev–Trinajstić information content (AvgIpc) is 2.48. The van der Waals surface area contributed by atoms with Crippen molar-refractivity contribution in [1.82, 2.24) is 0 Å². The predicted octanol–water partition coefficient (Wildman–Crippen LogP) is 4.40. The Morgan fingerprint density at radius 3 is 2.33 bits per heavy atom. The first-order valence-electron chi connectivity index (χ1n) is 6.34. The smallest absolute Gasteiger partial charge is 0.147 e. The topological polar surface area (TPSA) is 38.7 Å². The largest absolute Gasteiger partial charge is 0.495 e. The second-order valence-electron chi connectivity index (χ2n) is 4.61. The van der Waals surface area contributed by atoms with Crippen LogP contribution < -0.4 is 9.47 Å². The number of ether oxygens (including phenoxy) is 2. The number of aliphatic hydroxyl groups excluding tert-OH is 1. The fourth-order valence-corrected chi connectivity index (χ4v) is 2.71. The number of benzene rings is 2. The van der Waals surface area contributed by atoms with Crippen LogP contribution in [0.3, 0.4) is 0 Å². The van der Waals surface area contributed by atoms with E-state index in [2.05, 4.69) is 0 Å². The molecule has 3 nitrogen and oxygen atoms in total. The summed E-state index contributed by atoms with van der Waals surface area (Å²) < 4.78 is 10.5. The van der Waals surface area contributed by atoms with Crippen molar-refractivity contribution in [2.75, 3.05) is 14.2 Å². The quantitative estimate of drug-likeness (QED) is 0.904. The van der Waals surface area contributed by atoms with Gasteiger partial charge in [0, 0.05) is 10.6 Å². The number of methoxy groups -OCH3 is 2. The van der Waals surface area contributed by atoms with Crippen molar-refractivity contribution in [2.24, 2.45) is 0 Å². The standard InChI is InChI=1S/C16H16Cl2O3/c1-9-4-5-10(17)8-12(9)15(19)11-6-7-13(20-2)14(18)16(11)21-3/h4-8,15,19H,1-3H3. The highest BCUT2D eigenvalue weighted by Gasteiger charge is 2.21. The molecule has 2 rings (SSSR count). The van der Waals surface area contributed by atoms with Crippen molar-refractivity contribution in [3.8, 4) is 11.5 Å². The van der Waals surface area contributed by atoms with Gasteiger partial charge < -0.3 is 14.6 Å². The van der Waals surface area contributed by atoms with Crippen molar-refractivity contribution < 1.29 is 14.6 Å². The van der Waals surface area contributed by atoms with Gasteiger partial charge in [0.1, 0.15) is 22.6 Å². The van der Waals surface area contributed by atoms with Crippen LogP contribution >= 0.6 is 23.2 Å². The maximum absolute atomic E-state index is 10.7. The Morgan fingerprint density at radius 1 is 1.00 bits per heavy atom. The van der Waals surface area contributed by atoms with Crippen LogP contribution in [0, 0.1) is 6.92 Å². The summed E-state index contributed by atoms with van der Waals surface area (Å²) in [6, 6.07) is 8.81. The van der Waals surface area contributed by atoms with Crippen LogP contribution in [0.25, 0.3) is 0 Å². The summed E-state index contributed by atoms with van der Waals surface area (Å²) in [5, 5.41) is 11.6. The molecule has 0 saturated carbocycles. The molecule has 0 heterocycles. The number of hydrogen-bond acceptors (Lipinski definition) is 3. The Morgan fingerprint density at radius 2 is 1.71 bits per heavy atom. The molecule has 1 unspecified atom stereocenters. The molecule has 2 aromatic carbocycles. The van der Waals surface area contributed by atoms with Crippen molar-refractivity contribution in [1.29, 1.82) is 0 Å². The highest BCUT2D eigenvalue weighted by atomic mass is 35.5. The van der Waals surface area contributed by atoms with Crippen LogP contribution in [0.1, 0.15) is 22.8 Å². The molecule has 0 aliphatic heterocycles. The molecule has 2 aromatic rings. The zero-order valence-corrected chi connectivity index (χ0v) is 13.5. The third kappa shape index (κ3) is 3.10. The van der Waals surface area contributed by atoms with Gasteiger partial charge in [0.05, 0.1) is 14.2 Å². The maximum Gasteiger partial charge on any atom is 0.147 e. The van der Waals surface area contributed by atoms with Gasteiger partial charge in [0.15, 0.2) is 0 Å². The molecular weight excluding hydrogens is 311 g/mol. The monoisotopic (exact) mass is 326 g/mol. The summed E-state index contributed by atoms with van der Waals surface area (Å²) in [6.07, 6.45) is -0.887. The van der Waals surface area contributed by atoms with Crippen LogP contribution in [-0.2, 0) is 0 Å². The van der Waals surface area contributed by atoms with Gasteiger partial charge in [-0.15, -0.1) is 0 Å². The van der Waals surface area contributed by atoms with E-state index in [1.165, 1.54) is 14.2 Å². The number of rotatable bonds is 4. The average molecular weight is 327 g/mol. The fourth-order valence-electron chi connectivity index (χ4n) is 2.21. The van der Waals surface area contributed by atoms with Crippen LogP contribution in [0.4, 0.5) is 0 Å². The summed E-state index contributed by atoms with van der Waals surface area (Å²) in [5.74, 6) is 0.884. The molecule has 0 fully saturated rings. The molecule has 0 saturated heterocycles. The van der Waals surface area contributed by atoms with Crippen LogP contribution in [0.15, 0.2) is 30.3 Å². The van der Waals surface area contributed by atoms with E-state index < -0.39 is 6.10 Å². The lowest BCUT2D eigenvalue weighted by molar-refractivity contribution is 0.214. The Hall–Kier alpha value is -1.42. The second-order valence-corrected chi connectivity index (χ2v) is 5.42.